The molecule has 0 bridgehead atoms. The Bertz CT molecular complexity index is 1190. The zero-order chi connectivity index (χ0) is 21.1. The normalized spacial score (nSPS) is 11.1. The average Bonchev–Trinajstić information content (AvgIpc) is 3.11. The van der Waals surface area contributed by atoms with E-state index in [9.17, 15) is 4.79 Å². The highest BCUT2D eigenvalue weighted by Crippen LogP contribution is 2.41. The van der Waals surface area contributed by atoms with Crippen molar-refractivity contribution in [2.45, 2.75) is 12.8 Å². The van der Waals surface area contributed by atoms with Gasteiger partial charge in [0.15, 0.2) is 5.78 Å². The third-order valence-electron chi connectivity index (χ3n) is 4.76. The van der Waals surface area contributed by atoms with Crippen molar-refractivity contribution in [3.8, 4) is 22.4 Å². The number of pyridine rings is 1. The smallest absolute Gasteiger partial charge is 0.219 e. The van der Waals surface area contributed by atoms with E-state index in [1.165, 1.54) is 11.3 Å². The molecule has 0 aliphatic heterocycles. The van der Waals surface area contributed by atoms with Gasteiger partial charge in [-0.15, -0.1) is 11.3 Å². The first-order chi connectivity index (χ1) is 14.6. The molecule has 30 heavy (non-hydrogen) atoms. The molecule has 0 aliphatic carbocycles. The van der Waals surface area contributed by atoms with Gasteiger partial charge in [0.1, 0.15) is 4.83 Å². The lowest BCUT2D eigenvalue weighted by molar-refractivity contribution is 0.0968. The van der Waals surface area contributed by atoms with Crippen LogP contribution in [0.3, 0.4) is 0 Å². The van der Waals surface area contributed by atoms with Gasteiger partial charge in [0.05, 0.1) is 16.3 Å². The fraction of sp³-hybridized carbons (Fsp3) is 0.182. The molecule has 0 spiro atoms. The van der Waals surface area contributed by atoms with Gasteiger partial charge in [-0.25, -0.2) is 15.0 Å². The van der Waals surface area contributed by atoms with Crippen LogP contribution in [-0.2, 0) is 4.74 Å². The second-order valence-corrected chi connectivity index (χ2v) is 7.79. The van der Waals surface area contributed by atoms with Crippen LogP contribution >= 0.6 is 11.3 Å². The zero-order valence-electron chi connectivity index (χ0n) is 16.5. The largest absolute Gasteiger partial charge is 0.397 e. The van der Waals surface area contributed by atoms with Crippen molar-refractivity contribution in [2.24, 2.45) is 0 Å². The summed E-state index contributed by atoms with van der Waals surface area (Å²) in [7, 11) is 1.62. The van der Waals surface area contributed by atoms with E-state index in [4.69, 9.17) is 21.2 Å². The number of thiophene rings is 1. The highest BCUT2D eigenvalue weighted by atomic mass is 32.1. The van der Waals surface area contributed by atoms with E-state index in [0.29, 0.717) is 40.5 Å². The maximum Gasteiger partial charge on any atom is 0.219 e. The van der Waals surface area contributed by atoms with Crippen molar-refractivity contribution >= 4 is 39.0 Å². The van der Waals surface area contributed by atoms with Crippen LogP contribution in [0.4, 0.5) is 11.6 Å². The van der Waals surface area contributed by atoms with Crippen LogP contribution in [0, 0.1) is 0 Å². The number of carbonyl (C=O) groups excluding carboxylic acids is 1. The number of Topliss-reactive ketones (excluding diaryl/α,β-unsaturated/α-hetero) is 1. The Hall–Kier alpha value is -3.36. The topological polar surface area (TPSA) is 117 Å². The molecular formula is C22H21N5O2S. The lowest BCUT2D eigenvalue weighted by Gasteiger charge is -2.08. The third kappa shape index (κ3) is 3.87. The van der Waals surface area contributed by atoms with Crippen LogP contribution < -0.4 is 11.5 Å². The maximum absolute atomic E-state index is 12.8. The molecule has 1 aromatic carbocycles. The molecule has 4 N–H and O–H groups in total. The van der Waals surface area contributed by atoms with Gasteiger partial charge in [-0.05, 0) is 23.6 Å². The summed E-state index contributed by atoms with van der Waals surface area (Å²) >= 11 is 1.32. The van der Waals surface area contributed by atoms with Crippen LogP contribution in [-0.4, -0.2) is 34.5 Å². The molecule has 0 aliphatic rings. The minimum Gasteiger partial charge on any atom is -0.397 e. The maximum atomic E-state index is 12.8. The van der Waals surface area contributed by atoms with E-state index in [1.807, 2.05) is 36.4 Å². The number of fused-ring (bicyclic) bond motifs is 1. The van der Waals surface area contributed by atoms with E-state index in [0.717, 1.165) is 22.1 Å². The number of ether oxygens (including phenoxy) is 1. The monoisotopic (exact) mass is 419 g/mol. The number of nitrogens with two attached hydrogens (primary N) is 2. The van der Waals surface area contributed by atoms with E-state index in [2.05, 4.69) is 9.97 Å². The second-order valence-electron chi connectivity index (χ2n) is 6.80. The Balaban J connectivity index is 1.89. The van der Waals surface area contributed by atoms with Gasteiger partial charge in [-0.2, -0.15) is 0 Å². The Morgan fingerprint density at radius 3 is 2.53 bits per heavy atom. The summed E-state index contributed by atoms with van der Waals surface area (Å²) in [5.41, 5.74) is 15.9. The summed E-state index contributed by atoms with van der Waals surface area (Å²) in [6.45, 7) is 0.533. The van der Waals surface area contributed by atoms with Gasteiger partial charge < -0.3 is 16.2 Å². The number of aromatic nitrogens is 3. The summed E-state index contributed by atoms with van der Waals surface area (Å²) in [5, 5.41) is 0.793. The number of hydrogen-bond acceptors (Lipinski definition) is 8. The zero-order valence-corrected chi connectivity index (χ0v) is 17.3. The predicted molar refractivity (Wildman–Crippen MR) is 120 cm³/mol. The molecule has 0 saturated heterocycles. The van der Waals surface area contributed by atoms with Crippen LogP contribution in [0.2, 0.25) is 0 Å². The SMILES string of the molecule is COCCCC(=O)c1sc2nc(-c3cnc(N)nc3)cc(-c3ccccc3)c2c1N. The fourth-order valence-electron chi connectivity index (χ4n) is 3.28. The second kappa shape index (κ2) is 8.56. The highest BCUT2D eigenvalue weighted by Gasteiger charge is 2.21. The molecule has 4 rings (SSSR count). The van der Waals surface area contributed by atoms with Crippen molar-refractivity contribution in [3.63, 3.8) is 0 Å². The molecule has 152 valence electrons. The first-order valence-corrected chi connectivity index (χ1v) is 10.3. The van der Waals surface area contributed by atoms with Crippen LogP contribution in [0.25, 0.3) is 32.6 Å². The van der Waals surface area contributed by atoms with Crippen molar-refractivity contribution in [1.82, 2.24) is 15.0 Å². The van der Waals surface area contributed by atoms with Gasteiger partial charge in [-0.3, -0.25) is 4.79 Å². The number of anilines is 2. The third-order valence-corrected chi connectivity index (χ3v) is 5.90. The molecule has 7 nitrogen and oxygen atoms in total. The molecule has 0 fully saturated rings. The summed E-state index contributed by atoms with van der Waals surface area (Å²) in [6, 6.07) is 11.9. The Labute approximate surface area is 177 Å². The Morgan fingerprint density at radius 2 is 1.83 bits per heavy atom. The lowest BCUT2D eigenvalue weighted by atomic mass is 10.00. The van der Waals surface area contributed by atoms with E-state index in [1.54, 1.807) is 19.5 Å². The number of rotatable bonds is 7. The van der Waals surface area contributed by atoms with Crippen LogP contribution in [0.1, 0.15) is 22.5 Å². The predicted octanol–water partition coefficient (Wildman–Crippen LogP) is 4.19. The number of nitrogen functional groups attached to an aromatic ring is 2. The molecule has 8 heteroatoms. The van der Waals surface area contributed by atoms with Crippen molar-refractivity contribution < 1.29 is 9.53 Å². The van der Waals surface area contributed by atoms with Gasteiger partial charge in [0.25, 0.3) is 0 Å². The molecule has 0 saturated carbocycles. The van der Waals surface area contributed by atoms with Crippen molar-refractivity contribution in [2.75, 3.05) is 25.2 Å². The van der Waals surface area contributed by atoms with E-state index < -0.39 is 0 Å². The Kier molecular flexibility index (Phi) is 5.69. The molecule has 3 heterocycles. The first kappa shape index (κ1) is 19.9. The molecule has 0 unspecified atom stereocenters. The first-order valence-electron chi connectivity index (χ1n) is 9.47. The summed E-state index contributed by atoms with van der Waals surface area (Å²) in [5.74, 6) is 0.205. The number of ketones is 1. The molecule has 0 atom stereocenters. The molecule has 4 aromatic rings. The van der Waals surface area contributed by atoms with E-state index in [-0.39, 0.29) is 11.7 Å². The van der Waals surface area contributed by atoms with Crippen LogP contribution in [0.15, 0.2) is 48.8 Å². The summed E-state index contributed by atoms with van der Waals surface area (Å²) in [4.78, 5) is 26.9. The summed E-state index contributed by atoms with van der Waals surface area (Å²) < 4.78 is 5.05. The van der Waals surface area contributed by atoms with Crippen molar-refractivity contribution in [3.05, 3.63) is 53.7 Å². The molecule has 3 aromatic heterocycles. The van der Waals surface area contributed by atoms with Crippen molar-refractivity contribution in [1.29, 1.82) is 0 Å². The fourth-order valence-corrected chi connectivity index (χ4v) is 4.37. The van der Waals surface area contributed by atoms with Gasteiger partial charge in [0, 0.05) is 43.5 Å². The number of benzene rings is 1. The van der Waals surface area contributed by atoms with Gasteiger partial charge in [-0.1, -0.05) is 30.3 Å². The lowest BCUT2D eigenvalue weighted by Crippen LogP contribution is -2.02. The van der Waals surface area contributed by atoms with E-state index >= 15 is 0 Å². The summed E-state index contributed by atoms with van der Waals surface area (Å²) in [6.07, 6.45) is 4.30. The number of hydrogen-bond donors (Lipinski definition) is 2. The minimum absolute atomic E-state index is 0.00364. The molecular weight excluding hydrogens is 398 g/mol. The standard InChI is InChI=1S/C22H21N5O2S/c1-29-9-5-8-17(28)20-19(23)18-15(13-6-3-2-4-7-13)10-16(27-21(18)30-20)14-11-25-22(24)26-12-14/h2-4,6-7,10-12H,5,8-9,23H2,1H3,(H2,24,25,26). The molecule has 0 radical (unpaired) electrons. The Morgan fingerprint density at radius 1 is 1.10 bits per heavy atom. The quantitative estimate of drug-likeness (QED) is 0.341. The molecule has 0 amide bonds. The van der Waals surface area contributed by atoms with Gasteiger partial charge >= 0.3 is 0 Å². The van der Waals surface area contributed by atoms with Gasteiger partial charge in [0.2, 0.25) is 5.95 Å². The average molecular weight is 420 g/mol. The number of carbonyl (C=O) groups is 1. The highest BCUT2D eigenvalue weighted by molar-refractivity contribution is 7.21. The minimum atomic E-state index is 0.00364. The number of nitrogens with zero attached hydrogens (tertiary/aromatic N) is 3. The van der Waals surface area contributed by atoms with Crippen LogP contribution in [0.5, 0.6) is 0 Å². The number of methoxy groups -OCH3 is 1.